The Bertz CT molecular complexity index is 291. The molecule has 1 fully saturated rings. The summed E-state index contributed by atoms with van der Waals surface area (Å²) in [6.07, 6.45) is 3.11. The minimum Gasteiger partial charge on any atom is -0.481 e. The number of rotatable bonds is 7. The van der Waals surface area contributed by atoms with Gasteiger partial charge >= 0.3 is 5.97 Å². The summed E-state index contributed by atoms with van der Waals surface area (Å²) in [6.45, 7) is 5.21. The van der Waals surface area contributed by atoms with Crippen molar-refractivity contribution in [2.45, 2.75) is 58.1 Å². The summed E-state index contributed by atoms with van der Waals surface area (Å²) in [5, 5.41) is 8.79. The second kappa shape index (κ2) is 7.36. The summed E-state index contributed by atoms with van der Waals surface area (Å²) in [7, 11) is 0. The fraction of sp³-hybridized carbons (Fsp3) is 0.846. The van der Waals surface area contributed by atoms with Gasteiger partial charge in [-0.15, -0.1) is 0 Å². The minimum absolute atomic E-state index is 0.0612. The highest BCUT2D eigenvalue weighted by Crippen LogP contribution is 2.21. The molecule has 1 atom stereocenters. The smallest absolute Gasteiger partial charge is 0.305 e. The van der Waals surface area contributed by atoms with Crippen LogP contribution in [-0.2, 0) is 14.3 Å². The van der Waals surface area contributed by atoms with E-state index < -0.39 is 5.97 Å². The van der Waals surface area contributed by atoms with Gasteiger partial charge in [0, 0.05) is 25.6 Å². The van der Waals surface area contributed by atoms with Crippen molar-refractivity contribution in [3.63, 3.8) is 0 Å². The van der Waals surface area contributed by atoms with Crippen molar-refractivity contribution in [2.75, 3.05) is 13.2 Å². The SMILES string of the molecule is CC(C)OCCCC(=O)N1CCCC1CC(=O)O. The molecule has 0 spiro atoms. The van der Waals surface area contributed by atoms with E-state index in [4.69, 9.17) is 9.84 Å². The van der Waals surface area contributed by atoms with Gasteiger partial charge in [-0.2, -0.15) is 0 Å². The molecule has 104 valence electrons. The van der Waals surface area contributed by atoms with E-state index in [0.29, 0.717) is 26.0 Å². The normalized spacial score (nSPS) is 19.5. The van der Waals surface area contributed by atoms with E-state index in [9.17, 15) is 9.59 Å². The Morgan fingerprint density at radius 1 is 1.44 bits per heavy atom. The Kier molecular flexibility index (Phi) is 6.12. The van der Waals surface area contributed by atoms with Gasteiger partial charge in [-0.05, 0) is 33.1 Å². The number of carbonyl (C=O) groups excluding carboxylic acids is 1. The molecule has 1 unspecified atom stereocenters. The van der Waals surface area contributed by atoms with Gasteiger partial charge in [-0.25, -0.2) is 0 Å². The van der Waals surface area contributed by atoms with Gasteiger partial charge < -0.3 is 14.7 Å². The molecular weight excluding hydrogens is 234 g/mol. The number of carboxylic acid groups (broad SMARTS) is 1. The molecule has 5 heteroatoms. The van der Waals surface area contributed by atoms with Gasteiger partial charge in [0.15, 0.2) is 0 Å². The lowest BCUT2D eigenvalue weighted by atomic mass is 10.1. The molecule has 0 bridgehead atoms. The molecule has 1 saturated heterocycles. The molecule has 0 aromatic rings. The van der Waals surface area contributed by atoms with Gasteiger partial charge in [0.2, 0.25) is 5.91 Å². The first kappa shape index (κ1) is 15.0. The van der Waals surface area contributed by atoms with Gasteiger partial charge in [-0.1, -0.05) is 0 Å². The number of amides is 1. The maximum atomic E-state index is 12.0. The summed E-state index contributed by atoms with van der Waals surface area (Å²) in [5.74, 6) is -0.769. The van der Waals surface area contributed by atoms with E-state index in [1.54, 1.807) is 4.90 Å². The molecule has 0 aliphatic carbocycles. The second-order valence-corrected chi connectivity index (χ2v) is 5.00. The number of carboxylic acids is 1. The zero-order valence-electron chi connectivity index (χ0n) is 11.2. The van der Waals surface area contributed by atoms with E-state index in [1.807, 2.05) is 13.8 Å². The van der Waals surface area contributed by atoms with Crippen LogP contribution in [0.3, 0.4) is 0 Å². The van der Waals surface area contributed by atoms with Crippen LogP contribution in [0.15, 0.2) is 0 Å². The number of nitrogens with zero attached hydrogens (tertiary/aromatic N) is 1. The Balaban J connectivity index is 2.29. The van der Waals surface area contributed by atoms with Gasteiger partial charge in [0.05, 0.1) is 12.5 Å². The van der Waals surface area contributed by atoms with Gasteiger partial charge in [0.25, 0.3) is 0 Å². The maximum absolute atomic E-state index is 12.0. The third kappa shape index (κ3) is 5.04. The zero-order chi connectivity index (χ0) is 13.5. The van der Waals surface area contributed by atoms with Crippen LogP contribution < -0.4 is 0 Å². The van der Waals surface area contributed by atoms with Crippen LogP contribution >= 0.6 is 0 Å². The number of hydrogen-bond donors (Lipinski definition) is 1. The van der Waals surface area contributed by atoms with Gasteiger partial charge in [-0.3, -0.25) is 9.59 Å². The molecule has 0 aromatic heterocycles. The highest BCUT2D eigenvalue weighted by atomic mass is 16.5. The summed E-state index contributed by atoms with van der Waals surface area (Å²) in [5.41, 5.74) is 0. The summed E-state index contributed by atoms with van der Waals surface area (Å²) in [4.78, 5) is 24.4. The number of aliphatic carboxylic acids is 1. The quantitative estimate of drug-likeness (QED) is 0.704. The Morgan fingerprint density at radius 3 is 2.78 bits per heavy atom. The fourth-order valence-electron chi connectivity index (χ4n) is 2.26. The average Bonchev–Trinajstić information content (AvgIpc) is 2.71. The van der Waals surface area contributed by atoms with Gasteiger partial charge in [0.1, 0.15) is 0 Å². The van der Waals surface area contributed by atoms with Crippen molar-refractivity contribution in [2.24, 2.45) is 0 Å². The number of hydrogen-bond acceptors (Lipinski definition) is 3. The maximum Gasteiger partial charge on any atom is 0.305 e. The lowest BCUT2D eigenvalue weighted by Crippen LogP contribution is -2.36. The Labute approximate surface area is 108 Å². The molecule has 1 amide bonds. The van der Waals surface area contributed by atoms with Crippen molar-refractivity contribution in [3.05, 3.63) is 0 Å². The van der Waals surface area contributed by atoms with E-state index in [1.165, 1.54) is 0 Å². The molecule has 0 aromatic carbocycles. The summed E-state index contributed by atoms with van der Waals surface area (Å²) < 4.78 is 5.38. The molecular formula is C13H23NO4. The lowest BCUT2D eigenvalue weighted by Gasteiger charge is -2.23. The zero-order valence-corrected chi connectivity index (χ0v) is 11.2. The topological polar surface area (TPSA) is 66.8 Å². The molecule has 1 heterocycles. The molecule has 18 heavy (non-hydrogen) atoms. The Hall–Kier alpha value is -1.10. The van der Waals surface area contributed by atoms with Crippen LogP contribution in [0.25, 0.3) is 0 Å². The minimum atomic E-state index is -0.831. The molecule has 5 nitrogen and oxygen atoms in total. The largest absolute Gasteiger partial charge is 0.481 e. The van der Waals surface area contributed by atoms with Crippen molar-refractivity contribution < 1.29 is 19.4 Å². The average molecular weight is 257 g/mol. The van der Waals surface area contributed by atoms with Crippen molar-refractivity contribution >= 4 is 11.9 Å². The molecule has 0 radical (unpaired) electrons. The molecule has 1 aliphatic heterocycles. The monoisotopic (exact) mass is 257 g/mol. The fourth-order valence-corrected chi connectivity index (χ4v) is 2.26. The van der Waals surface area contributed by atoms with E-state index in [0.717, 1.165) is 12.8 Å². The highest BCUT2D eigenvalue weighted by Gasteiger charge is 2.29. The van der Waals surface area contributed by atoms with E-state index in [-0.39, 0.29) is 24.5 Å². The number of ether oxygens (including phenoxy) is 1. The van der Waals surface area contributed by atoms with Crippen LogP contribution in [0, 0.1) is 0 Å². The molecule has 0 saturated carbocycles. The van der Waals surface area contributed by atoms with E-state index >= 15 is 0 Å². The van der Waals surface area contributed by atoms with E-state index in [2.05, 4.69) is 0 Å². The first-order valence-electron chi connectivity index (χ1n) is 6.63. The standard InChI is InChI=1S/C13H23NO4/c1-10(2)18-8-4-6-12(15)14-7-3-5-11(14)9-13(16)17/h10-11H,3-9H2,1-2H3,(H,16,17). The van der Waals surface area contributed by atoms with Crippen molar-refractivity contribution in [3.8, 4) is 0 Å². The number of carbonyl (C=O) groups is 2. The molecule has 1 rings (SSSR count). The third-order valence-corrected chi connectivity index (χ3v) is 3.09. The van der Waals surface area contributed by atoms with Crippen molar-refractivity contribution in [1.82, 2.24) is 4.90 Å². The summed E-state index contributed by atoms with van der Waals surface area (Å²) >= 11 is 0. The predicted octanol–water partition coefficient (Wildman–Crippen LogP) is 1.66. The Morgan fingerprint density at radius 2 is 2.17 bits per heavy atom. The predicted molar refractivity (Wildman–Crippen MR) is 67.3 cm³/mol. The molecule has 1 N–H and O–H groups in total. The third-order valence-electron chi connectivity index (χ3n) is 3.09. The van der Waals surface area contributed by atoms with Crippen LogP contribution in [0.2, 0.25) is 0 Å². The van der Waals surface area contributed by atoms with Crippen molar-refractivity contribution in [1.29, 1.82) is 0 Å². The lowest BCUT2D eigenvalue weighted by molar-refractivity contribution is -0.140. The first-order valence-corrected chi connectivity index (χ1v) is 6.63. The number of likely N-dealkylation sites (tertiary alicyclic amines) is 1. The van der Waals surface area contributed by atoms with Crippen LogP contribution in [-0.4, -0.2) is 47.2 Å². The van der Waals surface area contributed by atoms with Crippen LogP contribution in [0.1, 0.15) is 46.0 Å². The highest BCUT2D eigenvalue weighted by molar-refractivity contribution is 5.78. The van der Waals surface area contributed by atoms with Crippen LogP contribution in [0.4, 0.5) is 0 Å². The van der Waals surface area contributed by atoms with Crippen LogP contribution in [0.5, 0.6) is 0 Å². The second-order valence-electron chi connectivity index (χ2n) is 5.00. The first-order chi connectivity index (χ1) is 8.50. The summed E-state index contributed by atoms with van der Waals surface area (Å²) in [6, 6.07) is -0.110. The molecule has 1 aliphatic rings.